The van der Waals surface area contributed by atoms with E-state index in [9.17, 15) is 14.4 Å². The maximum atomic E-state index is 12.8. The molecule has 9 nitrogen and oxygen atoms in total. The summed E-state index contributed by atoms with van der Waals surface area (Å²) in [5.41, 5.74) is 2.35. The van der Waals surface area contributed by atoms with Crippen LogP contribution < -0.4 is 10.6 Å². The zero-order valence-corrected chi connectivity index (χ0v) is 20.4. The Balaban J connectivity index is 1.43. The van der Waals surface area contributed by atoms with Crippen molar-refractivity contribution in [2.45, 2.75) is 32.6 Å². The maximum Gasteiger partial charge on any atom is 0.348 e. The van der Waals surface area contributed by atoms with Gasteiger partial charge >= 0.3 is 5.97 Å². The lowest BCUT2D eigenvalue weighted by atomic mass is 9.95. The van der Waals surface area contributed by atoms with Crippen molar-refractivity contribution < 1.29 is 23.9 Å². The molecule has 2 N–H and O–H groups in total. The van der Waals surface area contributed by atoms with Crippen LogP contribution in [0.5, 0.6) is 0 Å². The number of nitrogens with zero attached hydrogens (tertiary/aromatic N) is 2. The number of aryl methyl sites for hydroxylation is 3. The Morgan fingerprint density at radius 2 is 2.00 bits per heavy atom. The monoisotopic (exact) mass is 490 g/mol. The molecule has 4 rings (SSSR count). The van der Waals surface area contributed by atoms with Crippen LogP contribution >= 0.6 is 22.7 Å². The van der Waals surface area contributed by atoms with Gasteiger partial charge in [0.05, 0.1) is 17.9 Å². The molecule has 0 atom stereocenters. The molecule has 0 saturated heterocycles. The first kappa shape index (κ1) is 23.4. The molecular weight excluding hydrogens is 464 g/mol. The van der Waals surface area contributed by atoms with Gasteiger partial charge in [-0.3, -0.25) is 14.3 Å². The summed E-state index contributed by atoms with van der Waals surface area (Å²) in [4.78, 5) is 40.3. The van der Waals surface area contributed by atoms with Crippen LogP contribution in [0.15, 0.2) is 6.07 Å². The van der Waals surface area contributed by atoms with Gasteiger partial charge in [-0.2, -0.15) is 5.10 Å². The second-order valence-corrected chi connectivity index (χ2v) is 9.96. The van der Waals surface area contributed by atoms with Crippen LogP contribution in [0.1, 0.15) is 49.0 Å². The molecule has 3 aromatic rings. The Morgan fingerprint density at radius 3 is 2.76 bits per heavy atom. The van der Waals surface area contributed by atoms with Crippen molar-refractivity contribution in [3.8, 4) is 0 Å². The molecule has 0 bridgehead atoms. The van der Waals surface area contributed by atoms with E-state index in [1.807, 2.05) is 14.0 Å². The fraction of sp³-hybridized carbons (Fsp3) is 0.455. The second-order valence-electron chi connectivity index (χ2n) is 7.83. The highest BCUT2D eigenvalue weighted by Gasteiger charge is 2.26. The normalized spacial score (nSPS) is 13.1. The second kappa shape index (κ2) is 10.0. The van der Waals surface area contributed by atoms with Gasteiger partial charge in [-0.05, 0) is 44.2 Å². The summed E-state index contributed by atoms with van der Waals surface area (Å²) >= 11 is 2.70. The van der Waals surface area contributed by atoms with Gasteiger partial charge in [0.2, 0.25) is 0 Å². The molecule has 0 aromatic carbocycles. The molecule has 1 aliphatic rings. The van der Waals surface area contributed by atoms with Gasteiger partial charge in [0.1, 0.15) is 14.7 Å². The Hall–Kier alpha value is -2.76. The van der Waals surface area contributed by atoms with Crippen molar-refractivity contribution in [3.05, 3.63) is 32.6 Å². The Kier molecular flexibility index (Phi) is 7.11. The van der Waals surface area contributed by atoms with Gasteiger partial charge in [-0.1, -0.05) is 0 Å². The SMILES string of the molecule is COCCNC(=O)c1c(NC(=O)COC(=O)c2cc3c(C)nn(C)c3s2)sc2c1CCCC2. The summed E-state index contributed by atoms with van der Waals surface area (Å²) < 4.78 is 12.0. The van der Waals surface area contributed by atoms with E-state index in [-0.39, 0.29) is 5.91 Å². The maximum absolute atomic E-state index is 12.8. The van der Waals surface area contributed by atoms with Gasteiger partial charge in [0.15, 0.2) is 6.61 Å². The molecule has 3 heterocycles. The van der Waals surface area contributed by atoms with Crippen molar-refractivity contribution in [3.63, 3.8) is 0 Å². The van der Waals surface area contributed by atoms with E-state index in [1.54, 1.807) is 17.9 Å². The van der Waals surface area contributed by atoms with Crippen molar-refractivity contribution in [1.29, 1.82) is 0 Å². The van der Waals surface area contributed by atoms with Crippen molar-refractivity contribution in [2.75, 3.05) is 32.2 Å². The Bertz CT molecular complexity index is 1170. The van der Waals surface area contributed by atoms with E-state index >= 15 is 0 Å². The first-order chi connectivity index (χ1) is 15.9. The molecular formula is C22H26N4O5S2. The zero-order chi connectivity index (χ0) is 23.5. The van der Waals surface area contributed by atoms with Crippen molar-refractivity contribution >= 4 is 55.7 Å². The number of carbonyl (C=O) groups excluding carboxylic acids is 3. The lowest BCUT2D eigenvalue weighted by molar-refractivity contribution is -0.119. The quantitative estimate of drug-likeness (QED) is 0.371. The molecule has 3 aromatic heterocycles. The van der Waals surface area contributed by atoms with E-state index < -0.39 is 18.5 Å². The number of nitrogens with one attached hydrogen (secondary N) is 2. The summed E-state index contributed by atoms with van der Waals surface area (Å²) in [6.45, 7) is 2.23. The molecule has 33 heavy (non-hydrogen) atoms. The molecule has 0 fully saturated rings. The largest absolute Gasteiger partial charge is 0.451 e. The minimum Gasteiger partial charge on any atom is -0.451 e. The van der Waals surface area contributed by atoms with Crippen LogP contribution in [-0.4, -0.2) is 54.4 Å². The van der Waals surface area contributed by atoms with Crippen LogP contribution in [0.25, 0.3) is 10.2 Å². The number of thiophene rings is 2. The molecule has 1 aliphatic carbocycles. The molecule has 0 aliphatic heterocycles. The number of aromatic nitrogens is 2. The summed E-state index contributed by atoms with van der Waals surface area (Å²) in [5.74, 6) is -1.27. The minimum absolute atomic E-state index is 0.229. The zero-order valence-electron chi connectivity index (χ0n) is 18.8. The third-order valence-corrected chi connectivity index (χ3v) is 7.86. The third kappa shape index (κ3) is 4.94. The highest BCUT2D eigenvalue weighted by Crippen LogP contribution is 2.38. The van der Waals surface area contributed by atoms with Gasteiger partial charge in [-0.25, -0.2) is 4.79 Å². The molecule has 0 spiro atoms. The number of hydrogen-bond acceptors (Lipinski definition) is 8. The average Bonchev–Trinajstić information content (AvgIpc) is 3.46. The number of carbonyl (C=O) groups is 3. The summed E-state index contributed by atoms with van der Waals surface area (Å²) in [6, 6.07) is 1.73. The first-order valence-corrected chi connectivity index (χ1v) is 12.3. The van der Waals surface area contributed by atoms with Gasteiger partial charge in [-0.15, -0.1) is 22.7 Å². The number of anilines is 1. The van der Waals surface area contributed by atoms with E-state index in [0.29, 0.717) is 28.6 Å². The summed E-state index contributed by atoms with van der Waals surface area (Å²) in [5, 5.41) is 11.3. The van der Waals surface area contributed by atoms with E-state index in [2.05, 4.69) is 15.7 Å². The predicted molar refractivity (Wildman–Crippen MR) is 127 cm³/mol. The van der Waals surface area contributed by atoms with E-state index in [1.165, 1.54) is 22.7 Å². The van der Waals surface area contributed by atoms with Gasteiger partial charge in [0, 0.05) is 31.0 Å². The van der Waals surface area contributed by atoms with E-state index in [0.717, 1.165) is 52.0 Å². The third-order valence-electron chi connectivity index (χ3n) is 5.47. The fourth-order valence-corrected chi connectivity index (χ4v) is 6.24. The number of methoxy groups -OCH3 is 1. The minimum atomic E-state index is -0.561. The highest BCUT2D eigenvalue weighted by atomic mass is 32.1. The summed E-state index contributed by atoms with van der Waals surface area (Å²) in [6.07, 6.45) is 3.78. The molecule has 2 amide bonds. The van der Waals surface area contributed by atoms with Gasteiger partial charge in [0.25, 0.3) is 11.8 Å². The Morgan fingerprint density at radius 1 is 1.21 bits per heavy atom. The highest BCUT2D eigenvalue weighted by molar-refractivity contribution is 7.20. The lowest BCUT2D eigenvalue weighted by Gasteiger charge is -2.13. The summed E-state index contributed by atoms with van der Waals surface area (Å²) in [7, 11) is 3.39. The molecule has 11 heteroatoms. The number of fused-ring (bicyclic) bond motifs is 2. The molecule has 176 valence electrons. The van der Waals surface area contributed by atoms with Crippen LogP contribution in [0.4, 0.5) is 5.00 Å². The first-order valence-electron chi connectivity index (χ1n) is 10.7. The fourth-order valence-electron chi connectivity index (χ4n) is 3.92. The number of amides is 2. The average molecular weight is 491 g/mol. The number of rotatable bonds is 8. The molecule has 0 saturated carbocycles. The number of ether oxygens (including phenoxy) is 2. The smallest absolute Gasteiger partial charge is 0.348 e. The topological polar surface area (TPSA) is 112 Å². The van der Waals surface area contributed by atoms with Crippen molar-refractivity contribution in [2.24, 2.45) is 7.05 Å². The van der Waals surface area contributed by atoms with Crippen LogP contribution in [0.2, 0.25) is 0 Å². The Labute approximate surface area is 199 Å². The van der Waals surface area contributed by atoms with Crippen LogP contribution in [0, 0.1) is 6.92 Å². The molecule has 0 radical (unpaired) electrons. The molecule has 0 unspecified atom stereocenters. The van der Waals surface area contributed by atoms with Crippen LogP contribution in [-0.2, 0) is 34.2 Å². The van der Waals surface area contributed by atoms with Crippen LogP contribution in [0.3, 0.4) is 0 Å². The van der Waals surface area contributed by atoms with E-state index in [4.69, 9.17) is 9.47 Å². The number of hydrogen-bond donors (Lipinski definition) is 2. The van der Waals surface area contributed by atoms with Gasteiger partial charge < -0.3 is 20.1 Å². The lowest BCUT2D eigenvalue weighted by Crippen LogP contribution is -2.29. The standard InChI is InChI=1S/C22H26N4O5S2/c1-12-14-10-16(33-21(14)26(2)25-12)22(29)31-11-17(27)24-20-18(19(28)23-8-9-30-3)13-6-4-5-7-15(13)32-20/h10H,4-9,11H2,1-3H3,(H,23,28)(H,24,27). The van der Waals surface area contributed by atoms with Crippen molar-refractivity contribution in [1.82, 2.24) is 15.1 Å². The predicted octanol–water partition coefficient (Wildman–Crippen LogP) is 3.06. The number of esters is 1.